The molecular formula is C12H14ClN3O3. The van der Waals surface area contributed by atoms with E-state index in [2.05, 4.69) is 10.5 Å². The number of aromatic nitrogens is 1. The number of halogens is 1. The van der Waals surface area contributed by atoms with E-state index in [1.165, 1.54) is 0 Å². The summed E-state index contributed by atoms with van der Waals surface area (Å²) in [5.41, 5.74) is 5.60. The lowest BCUT2D eigenvalue weighted by molar-refractivity contribution is 0.0920. The third kappa shape index (κ3) is 2.90. The Morgan fingerprint density at radius 2 is 2.11 bits per heavy atom. The molecule has 0 aliphatic heterocycles. The van der Waals surface area contributed by atoms with Crippen molar-refractivity contribution in [3.63, 3.8) is 0 Å². The van der Waals surface area contributed by atoms with Crippen LogP contribution in [0, 0.1) is 0 Å². The molecular weight excluding hydrogens is 270 g/mol. The number of hydrogen-bond acceptors (Lipinski definition) is 5. The molecule has 0 aliphatic carbocycles. The Balaban J connectivity index is 2.41. The molecule has 2 heterocycles. The number of nitrogen functional groups attached to an aromatic ring is 1. The first-order valence-corrected chi connectivity index (χ1v) is 5.99. The molecule has 3 N–H and O–H groups in total. The first-order valence-electron chi connectivity index (χ1n) is 5.61. The molecule has 0 spiro atoms. The highest BCUT2D eigenvalue weighted by molar-refractivity contribution is 6.29. The van der Waals surface area contributed by atoms with Crippen LogP contribution < -0.4 is 11.1 Å². The number of rotatable bonds is 2. The van der Waals surface area contributed by atoms with E-state index in [1.807, 2.05) is 20.8 Å². The number of anilines is 1. The minimum absolute atomic E-state index is 0.0655. The molecule has 6 nitrogen and oxygen atoms in total. The predicted octanol–water partition coefficient (Wildman–Crippen LogP) is 2.70. The van der Waals surface area contributed by atoms with E-state index < -0.39 is 5.54 Å². The molecule has 19 heavy (non-hydrogen) atoms. The molecule has 0 aliphatic rings. The Morgan fingerprint density at radius 1 is 1.42 bits per heavy atom. The van der Waals surface area contributed by atoms with Crippen LogP contribution in [0.3, 0.4) is 0 Å². The van der Waals surface area contributed by atoms with Crippen molar-refractivity contribution in [2.24, 2.45) is 0 Å². The summed E-state index contributed by atoms with van der Waals surface area (Å²) in [7, 11) is 0. The van der Waals surface area contributed by atoms with Gasteiger partial charge < -0.3 is 20.0 Å². The van der Waals surface area contributed by atoms with Crippen molar-refractivity contribution in [2.75, 3.05) is 5.73 Å². The lowest BCUT2D eigenvalue weighted by atomic mass is 10.1. The van der Waals surface area contributed by atoms with Crippen LogP contribution in [0.4, 0.5) is 5.88 Å². The molecule has 0 saturated heterocycles. The average Bonchev–Trinajstić information content (AvgIpc) is 2.81. The van der Waals surface area contributed by atoms with E-state index in [-0.39, 0.29) is 28.3 Å². The van der Waals surface area contributed by atoms with E-state index in [1.54, 1.807) is 12.1 Å². The van der Waals surface area contributed by atoms with Gasteiger partial charge in [0.15, 0.2) is 16.7 Å². The molecule has 0 unspecified atom stereocenters. The molecule has 0 aromatic carbocycles. The standard InChI is InChI=1S/C12H14ClN3O3/c1-12(2,3)15-11(17)8-9(16-19-10(8)14)6-4-5-7(13)18-6/h4-5H,14H2,1-3H3,(H,15,17). The van der Waals surface area contributed by atoms with Gasteiger partial charge in [-0.05, 0) is 44.5 Å². The van der Waals surface area contributed by atoms with Gasteiger partial charge >= 0.3 is 0 Å². The lowest BCUT2D eigenvalue weighted by Crippen LogP contribution is -2.40. The number of amides is 1. The fourth-order valence-corrected chi connectivity index (χ4v) is 1.68. The van der Waals surface area contributed by atoms with Crippen LogP contribution in [0.1, 0.15) is 31.1 Å². The number of furan rings is 1. The summed E-state index contributed by atoms with van der Waals surface area (Å²) in [6.45, 7) is 5.58. The Morgan fingerprint density at radius 3 is 2.63 bits per heavy atom. The fourth-order valence-electron chi connectivity index (χ4n) is 1.54. The van der Waals surface area contributed by atoms with Gasteiger partial charge in [-0.3, -0.25) is 4.79 Å². The topological polar surface area (TPSA) is 94.3 Å². The largest absolute Gasteiger partial charge is 0.443 e. The van der Waals surface area contributed by atoms with Gasteiger partial charge in [0, 0.05) is 5.54 Å². The van der Waals surface area contributed by atoms with Gasteiger partial charge in [-0.2, -0.15) is 0 Å². The van der Waals surface area contributed by atoms with Crippen molar-refractivity contribution in [2.45, 2.75) is 26.3 Å². The van der Waals surface area contributed by atoms with E-state index in [4.69, 9.17) is 26.3 Å². The number of hydrogen-bond donors (Lipinski definition) is 2. The Kier molecular flexibility index (Phi) is 3.28. The third-order valence-corrected chi connectivity index (χ3v) is 2.44. The molecule has 2 rings (SSSR count). The Bertz CT molecular complexity index is 610. The molecule has 102 valence electrons. The van der Waals surface area contributed by atoms with Gasteiger partial charge in [0.05, 0.1) is 0 Å². The summed E-state index contributed by atoms with van der Waals surface area (Å²) >= 11 is 5.70. The van der Waals surface area contributed by atoms with Gasteiger partial charge in [-0.1, -0.05) is 5.16 Å². The summed E-state index contributed by atoms with van der Waals surface area (Å²) in [6, 6.07) is 3.14. The molecule has 0 atom stereocenters. The minimum atomic E-state index is -0.404. The first kappa shape index (κ1) is 13.5. The summed E-state index contributed by atoms with van der Waals surface area (Å²) in [5.74, 6) is -0.123. The van der Waals surface area contributed by atoms with Crippen LogP contribution in [0.15, 0.2) is 21.1 Å². The highest BCUT2D eigenvalue weighted by Gasteiger charge is 2.27. The zero-order valence-corrected chi connectivity index (χ0v) is 11.5. The first-order chi connectivity index (χ1) is 8.78. The van der Waals surface area contributed by atoms with Crippen molar-refractivity contribution < 1.29 is 13.7 Å². The maximum Gasteiger partial charge on any atom is 0.259 e. The Labute approximate surface area is 114 Å². The normalized spacial score (nSPS) is 11.6. The zero-order chi connectivity index (χ0) is 14.2. The fraction of sp³-hybridized carbons (Fsp3) is 0.333. The van der Waals surface area contributed by atoms with Gasteiger partial charge in [-0.15, -0.1) is 0 Å². The van der Waals surface area contributed by atoms with Crippen LogP contribution in [0.2, 0.25) is 5.22 Å². The molecule has 0 radical (unpaired) electrons. The molecule has 7 heteroatoms. The quantitative estimate of drug-likeness (QED) is 0.883. The number of nitrogens with zero attached hydrogens (tertiary/aromatic N) is 1. The number of nitrogens with one attached hydrogen (secondary N) is 1. The second-order valence-electron chi connectivity index (χ2n) is 5.08. The average molecular weight is 284 g/mol. The highest BCUT2D eigenvalue weighted by atomic mass is 35.5. The van der Waals surface area contributed by atoms with E-state index in [0.29, 0.717) is 5.76 Å². The van der Waals surface area contributed by atoms with Crippen LogP contribution >= 0.6 is 11.6 Å². The van der Waals surface area contributed by atoms with Crippen molar-refractivity contribution in [3.05, 3.63) is 22.9 Å². The predicted molar refractivity (Wildman–Crippen MR) is 70.8 cm³/mol. The smallest absolute Gasteiger partial charge is 0.259 e. The summed E-state index contributed by atoms with van der Waals surface area (Å²) < 4.78 is 10.1. The van der Waals surface area contributed by atoms with Crippen molar-refractivity contribution in [1.82, 2.24) is 10.5 Å². The third-order valence-electron chi connectivity index (χ3n) is 2.24. The van der Waals surface area contributed by atoms with Gasteiger partial charge in [-0.25, -0.2) is 0 Å². The second kappa shape index (κ2) is 4.62. The van der Waals surface area contributed by atoms with Crippen molar-refractivity contribution in [3.8, 4) is 11.5 Å². The number of carbonyl (C=O) groups excluding carboxylic acids is 1. The zero-order valence-electron chi connectivity index (χ0n) is 10.8. The molecule has 1 amide bonds. The van der Waals surface area contributed by atoms with Crippen LogP contribution in [-0.2, 0) is 0 Å². The summed E-state index contributed by atoms with van der Waals surface area (Å²) in [5, 5.41) is 6.72. The van der Waals surface area contributed by atoms with E-state index in [9.17, 15) is 4.79 Å². The van der Waals surface area contributed by atoms with Gasteiger partial charge in [0.2, 0.25) is 5.88 Å². The number of carbonyl (C=O) groups is 1. The Hall–Kier alpha value is -1.95. The monoisotopic (exact) mass is 283 g/mol. The molecule has 0 saturated carbocycles. The van der Waals surface area contributed by atoms with E-state index in [0.717, 1.165) is 0 Å². The molecule has 0 fully saturated rings. The van der Waals surface area contributed by atoms with E-state index >= 15 is 0 Å². The second-order valence-corrected chi connectivity index (χ2v) is 5.45. The van der Waals surface area contributed by atoms with Gasteiger partial charge in [0.25, 0.3) is 5.91 Å². The van der Waals surface area contributed by atoms with Crippen LogP contribution in [-0.4, -0.2) is 16.6 Å². The van der Waals surface area contributed by atoms with Crippen molar-refractivity contribution >= 4 is 23.4 Å². The van der Waals surface area contributed by atoms with Crippen molar-refractivity contribution in [1.29, 1.82) is 0 Å². The number of nitrogens with two attached hydrogens (primary N) is 1. The van der Waals surface area contributed by atoms with Gasteiger partial charge in [0.1, 0.15) is 5.56 Å². The molecule has 0 bridgehead atoms. The highest BCUT2D eigenvalue weighted by Crippen LogP contribution is 2.30. The maximum absolute atomic E-state index is 12.2. The maximum atomic E-state index is 12.2. The molecule has 2 aromatic rings. The molecule has 2 aromatic heterocycles. The lowest BCUT2D eigenvalue weighted by Gasteiger charge is -2.20. The van der Waals surface area contributed by atoms with Crippen LogP contribution in [0.25, 0.3) is 11.5 Å². The SMILES string of the molecule is CC(C)(C)NC(=O)c1c(-c2ccc(Cl)o2)noc1N. The minimum Gasteiger partial charge on any atom is -0.443 e. The summed E-state index contributed by atoms with van der Waals surface area (Å²) in [4.78, 5) is 12.2. The van der Waals surface area contributed by atoms with Crippen LogP contribution in [0.5, 0.6) is 0 Å². The summed E-state index contributed by atoms with van der Waals surface area (Å²) in [6.07, 6.45) is 0.